The lowest BCUT2D eigenvalue weighted by atomic mass is 9.89. The Morgan fingerprint density at radius 2 is 1.85 bits per heavy atom. The molecule has 176 valence electrons. The van der Waals surface area contributed by atoms with Crippen molar-refractivity contribution in [1.29, 1.82) is 0 Å². The largest absolute Gasteiger partial charge is 0.376 e. The topological polar surface area (TPSA) is 97.7 Å². The average molecular weight is 470 g/mol. The number of benzene rings is 1. The lowest BCUT2D eigenvalue weighted by Crippen LogP contribution is -2.29. The summed E-state index contributed by atoms with van der Waals surface area (Å²) in [6, 6.07) is 3.30. The van der Waals surface area contributed by atoms with Gasteiger partial charge in [-0.2, -0.15) is 0 Å². The number of nitrogens with zero attached hydrogens (tertiary/aromatic N) is 4. The quantitative estimate of drug-likeness (QED) is 0.458. The maximum absolute atomic E-state index is 14.9. The van der Waals surface area contributed by atoms with E-state index < -0.39 is 23.4 Å². The Labute approximate surface area is 192 Å². The molecular formula is C23H21F3N6O2. The van der Waals surface area contributed by atoms with E-state index in [4.69, 9.17) is 4.74 Å². The Morgan fingerprint density at radius 1 is 1.12 bits per heavy atom. The molecule has 2 N–H and O–H groups in total. The van der Waals surface area contributed by atoms with Gasteiger partial charge in [0, 0.05) is 29.6 Å². The molecule has 0 aliphatic carbocycles. The zero-order valence-electron chi connectivity index (χ0n) is 18.3. The van der Waals surface area contributed by atoms with E-state index in [1.807, 2.05) is 13.8 Å². The molecule has 11 heteroatoms. The molecule has 34 heavy (non-hydrogen) atoms. The molecule has 0 radical (unpaired) electrons. The van der Waals surface area contributed by atoms with Crippen molar-refractivity contribution in [2.24, 2.45) is 0 Å². The molecule has 1 amide bonds. The van der Waals surface area contributed by atoms with E-state index in [0.29, 0.717) is 35.1 Å². The van der Waals surface area contributed by atoms with Gasteiger partial charge in [0.1, 0.15) is 5.82 Å². The standard InChI is InChI=1S/C23H21F3N6O2/c1-11-3-13(4-12(2)34-11)22-18(26)5-14(8-28-22)32-10-21(30-31-32)23(33)29-20-9-27-19-7-17(25)16(24)6-15(19)20/h5-13,27H,3-4H2,1-2H3,(H,29,33). The minimum absolute atomic E-state index is 0.0266. The van der Waals surface area contributed by atoms with Gasteiger partial charge in [0.25, 0.3) is 5.91 Å². The summed E-state index contributed by atoms with van der Waals surface area (Å²) in [4.78, 5) is 19.7. The number of ether oxygens (including phenoxy) is 1. The number of nitrogens with one attached hydrogen (secondary N) is 2. The van der Waals surface area contributed by atoms with E-state index >= 15 is 0 Å². The third kappa shape index (κ3) is 4.14. The van der Waals surface area contributed by atoms with Crippen LogP contribution in [0, 0.1) is 17.5 Å². The highest BCUT2D eigenvalue weighted by molar-refractivity contribution is 6.07. The maximum Gasteiger partial charge on any atom is 0.277 e. The van der Waals surface area contributed by atoms with Crippen LogP contribution in [0.2, 0.25) is 0 Å². The highest BCUT2D eigenvalue weighted by atomic mass is 19.2. The minimum Gasteiger partial charge on any atom is -0.376 e. The molecule has 1 aliphatic rings. The molecule has 1 saturated heterocycles. The molecule has 1 aliphatic heterocycles. The number of rotatable bonds is 4. The molecule has 2 atom stereocenters. The highest BCUT2D eigenvalue weighted by Crippen LogP contribution is 2.33. The third-order valence-corrected chi connectivity index (χ3v) is 5.90. The van der Waals surface area contributed by atoms with Crippen LogP contribution < -0.4 is 5.32 Å². The summed E-state index contributed by atoms with van der Waals surface area (Å²) in [7, 11) is 0. The number of aromatic nitrogens is 5. The minimum atomic E-state index is -1.03. The van der Waals surface area contributed by atoms with Crippen LogP contribution in [0.4, 0.5) is 18.9 Å². The summed E-state index contributed by atoms with van der Waals surface area (Å²) < 4.78 is 48.9. The summed E-state index contributed by atoms with van der Waals surface area (Å²) in [6.45, 7) is 3.92. The van der Waals surface area contributed by atoms with Crippen LogP contribution in [0.3, 0.4) is 0 Å². The van der Waals surface area contributed by atoms with Crippen molar-refractivity contribution in [3.63, 3.8) is 0 Å². The number of hydrogen-bond donors (Lipinski definition) is 2. The van der Waals surface area contributed by atoms with Crippen molar-refractivity contribution in [2.75, 3.05) is 5.32 Å². The number of pyridine rings is 1. The van der Waals surface area contributed by atoms with Crippen LogP contribution in [-0.4, -0.2) is 43.1 Å². The second-order valence-corrected chi connectivity index (χ2v) is 8.50. The summed E-state index contributed by atoms with van der Waals surface area (Å²) in [5.41, 5.74) is 1.23. The smallest absolute Gasteiger partial charge is 0.277 e. The second-order valence-electron chi connectivity index (χ2n) is 8.50. The average Bonchev–Trinajstić information content (AvgIpc) is 3.41. The predicted octanol–water partition coefficient (Wildman–Crippen LogP) is 4.48. The van der Waals surface area contributed by atoms with Gasteiger partial charge in [-0.3, -0.25) is 9.78 Å². The van der Waals surface area contributed by atoms with Gasteiger partial charge in [-0.1, -0.05) is 5.21 Å². The Morgan fingerprint density at radius 3 is 2.59 bits per heavy atom. The molecule has 0 spiro atoms. The molecule has 2 unspecified atom stereocenters. The van der Waals surface area contributed by atoms with Crippen LogP contribution in [-0.2, 0) is 4.74 Å². The first-order valence-electron chi connectivity index (χ1n) is 10.8. The van der Waals surface area contributed by atoms with Crippen LogP contribution in [0.25, 0.3) is 16.6 Å². The van der Waals surface area contributed by atoms with Gasteiger partial charge in [-0.05, 0) is 32.8 Å². The zero-order valence-corrected chi connectivity index (χ0v) is 18.3. The number of hydrogen-bond acceptors (Lipinski definition) is 5. The summed E-state index contributed by atoms with van der Waals surface area (Å²) in [6.07, 6.45) is 5.66. The molecule has 5 rings (SSSR count). The Balaban J connectivity index is 1.34. The fourth-order valence-electron chi connectivity index (χ4n) is 4.39. The molecule has 0 bridgehead atoms. The number of amides is 1. The number of fused-ring (bicyclic) bond motifs is 1. The Hall–Kier alpha value is -3.73. The first kappa shape index (κ1) is 22.1. The Kier molecular flexibility index (Phi) is 5.56. The first-order valence-corrected chi connectivity index (χ1v) is 10.8. The van der Waals surface area contributed by atoms with E-state index in [-0.39, 0.29) is 29.5 Å². The van der Waals surface area contributed by atoms with Crippen molar-refractivity contribution >= 4 is 22.5 Å². The number of H-pyrrole nitrogens is 1. The van der Waals surface area contributed by atoms with Gasteiger partial charge in [-0.25, -0.2) is 17.9 Å². The zero-order chi connectivity index (χ0) is 24.0. The fourth-order valence-corrected chi connectivity index (χ4v) is 4.39. The number of anilines is 1. The molecule has 4 heterocycles. The molecular weight excluding hydrogens is 449 g/mol. The molecule has 3 aromatic heterocycles. The summed E-state index contributed by atoms with van der Waals surface area (Å²) in [5, 5.41) is 10.6. The van der Waals surface area contributed by atoms with Gasteiger partial charge in [0.05, 0.1) is 47.2 Å². The van der Waals surface area contributed by atoms with E-state index in [1.54, 1.807) is 0 Å². The van der Waals surface area contributed by atoms with Gasteiger partial charge >= 0.3 is 0 Å². The molecule has 4 aromatic rings. The molecule has 1 aromatic carbocycles. The van der Waals surface area contributed by atoms with Crippen molar-refractivity contribution < 1.29 is 22.7 Å². The van der Waals surface area contributed by atoms with Crippen molar-refractivity contribution in [1.82, 2.24) is 25.0 Å². The lowest BCUT2D eigenvalue weighted by molar-refractivity contribution is -0.0389. The second kappa shape index (κ2) is 8.56. The van der Waals surface area contributed by atoms with E-state index in [9.17, 15) is 18.0 Å². The normalized spacial score (nSPS) is 20.6. The number of carbonyl (C=O) groups excluding carboxylic acids is 1. The summed E-state index contributed by atoms with van der Waals surface area (Å²) in [5.74, 6) is -3.15. The lowest BCUT2D eigenvalue weighted by Gasteiger charge is -2.31. The van der Waals surface area contributed by atoms with E-state index in [0.717, 1.165) is 12.1 Å². The fraction of sp³-hybridized carbons (Fsp3) is 0.304. The number of carbonyl (C=O) groups is 1. The van der Waals surface area contributed by atoms with Crippen molar-refractivity contribution in [3.05, 3.63) is 65.6 Å². The molecule has 1 fully saturated rings. The van der Waals surface area contributed by atoms with Gasteiger partial charge < -0.3 is 15.0 Å². The first-order chi connectivity index (χ1) is 16.3. The number of halogens is 3. The van der Waals surface area contributed by atoms with Crippen molar-refractivity contribution in [3.8, 4) is 5.69 Å². The van der Waals surface area contributed by atoms with E-state index in [1.165, 1.54) is 29.3 Å². The molecule has 8 nitrogen and oxygen atoms in total. The SMILES string of the molecule is CC1CC(c2ncc(-n3cc(C(=O)Nc4c[nH]c5cc(F)c(F)cc45)nn3)cc2F)CC(C)O1. The van der Waals surface area contributed by atoms with E-state index in [2.05, 4.69) is 25.6 Å². The van der Waals surface area contributed by atoms with Crippen LogP contribution in [0.1, 0.15) is 48.8 Å². The summed E-state index contributed by atoms with van der Waals surface area (Å²) >= 11 is 0. The van der Waals surface area contributed by atoms with Crippen LogP contribution >= 0.6 is 0 Å². The van der Waals surface area contributed by atoms with Crippen molar-refractivity contribution in [2.45, 2.75) is 44.8 Å². The number of aromatic amines is 1. The third-order valence-electron chi connectivity index (χ3n) is 5.90. The van der Waals surface area contributed by atoms with Gasteiger partial charge in [0.2, 0.25) is 0 Å². The van der Waals surface area contributed by atoms with Gasteiger partial charge in [0.15, 0.2) is 17.3 Å². The molecule has 0 saturated carbocycles. The van der Waals surface area contributed by atoms with Crippen LogP contribution in [0.15, 0.2) is 36.8 Å². The predicted molar refractivity (Wildman–Crippen MR) is 117 cm³/mol. The maximum atomic E-state index is 14.9. The monoisotopic (exact) mass is 470 g/mol. The Bertz CT molecular complexity index is 1370. The highest BCUT2D eigenvalue weighted by Gasteiger charge is 2.28. The van der Waals surface area contributed by atoms with Gasteiger partial charge in [-0.15, -0.1) is 5.10 Å². The van der Waals surface area contributed by atoms with Crippen LogP contribution in [0.5, 0.6) is 0 Å².